The van der Waals surface area contributed by atoms with Crippen molar-refractivity contribution in [3.05, 3.63) is 118 Å². The zero-order chi connectivity index (χ0) is 27.8. The van der Waals surface area contributed by atoms with Gasteiger partial charge in [-0.1, -0.05) is 65.7 Å². The molecule has 1 atom stereocenters. The highest BCUT2D eigenvalue weighted by molar-refractivity contribution is 6.39. The Balaban J connectivity index is 1.46. The SMILES string of the molecule is O=C(CC(C/C=C/c1ccc(N(Cc2ccc(O)cc2)c2ncccn2)cc1)C(=O)O)c1c(Cl)cccc1Cl. The minimum atomic E-state index is -1.07. The number of phenols is 1. The van der Waals surface area contributed by atoms with Crippen molar-refractivity contribution in [2.45, 2.75) is 19.4 Å². The highest BCUT2D eigenvalue weighted by Gasteiger charge is 2.23. The monoisotopic (exact) mass is 561 g/mol. The van der Waals surface area contributed by atoms with E-state index in [1.165, 1.54) is 0 Å². The molecule has 39 heavy (non-hydrogen) atoms. The molecule has 1 aromatic heterocycles. The molecule has 4 aromatic rings. The highest BCUT2D eigenvalue weighted by Crippen LogP contribution is 2.28. The van der Waals surface area contributed by atoms with Crippen LogP contribution in [0.25, 0.3) is 6.08 Å². The maximum absolute atomic E-state index is 12.7. The first kappa shape index (κ1) is 27.8. The molecule has 0 fully saturated rings. The first-order valence-electron chi connectivity index (χ1n) is 12.1. The lowest BCUT2D eigenvalue weighted by molar-refractivity contribution is -0.141. The summed E-state index contributed by atoms with van der Waals surface area (Å²) >= 11 is 12.2. The fourth-order valence-electron chi connectivity index (χ4n) is 3.99. The fraction of sp³-hybridized carbons (Fsp3) is 0.133. The van der Waals surface area contributed by atoms with Crippen molar-refractivity contribution in [2.75, 3.05) is 4.90 Å². The summed E-state index contributed by atoms with van der Waals surface area (Å²) in [4.78, 5) is 35.3. The molecule has 0 saturated carbocycles. The van der Waals surface area contributed by atoms with Crippen molar-refractivity contribution in [1.82, 2.24) is 9.97 Å². The van der Waals surface area contributed by atoms with Gasteiger partial charge in [0.1, 0.15) is 5.75 Å². The number of carboxylic acid groups (broad SMARTS) is 1. The molecule has 0 spiro atoms. The quantitative estimate of drug-likeness (QED) is 0.186. The van der Waals surface area contributed by atoms with E-state index in [1.807, 2.05) is 47.4 Å². The predicted octanol–water partition coefficient (Wildman–Crippen LogP) is 7.20. The van der Waals surface area contributed by atoms with Gasteiger partial charge in [0, 0.05) is 24.5 Å². The summed E-state index contributed by atoms with van der Waals surface area (Å²) in [7, 11) is 0. The van der Waals surface area contributed by atoms with Crippen LogP contribution in [-0.2, 0) is 11.3 Å². The van der Waals surface area contributed by atoms with Crippen molar-refractivity contribution in [2.24, 2.45) is 5.92 Å². The van der Waals surface area contributed by atoms with Gasteiger partial charge in [0.25, 0.3) is 0 Å². The second kappa shape index (κ2) is 13.0. The minimum absolute atomic E-state index is 0.144. The zero-order valence-electron chi connectivity index (χ0n) is 20.7. The highest BCUT2D eigenvalue weighted by atomic mass is 35.5. The number of carbonyl (C=O) groups excluding carboxylic acids is 1. The molecule has 0 radical (unpaired) electrons. The number of ketones is 1. The van der Waals surface area contributed by atoms with Crippen molar-refractivity contribution in [3.8, 4) is 5.75 Å². The Bertz CT molecular complexity index is 1440. The van der Waals surface area contributed by atoms with E-state index in [1.54, 1.807) is 54.9 Å². The van der Waals surface area contributed by atoms with E-state index in [4.69, 9.17) is 23.2 Å². The Morgan fingerprint density at radius 2 is 1.54 bits per heavy atom. The molecule has 2 N–H and O–H groups in total. The van der Waals surface area contributed by atoms with Gasteiger partial charge in [-0.3, -0.25) is 9.59 Å². The number of aromatic hydroxyl groups is 1. The van der Waals surface area contributed by atoms with E-state index in [0.29, 0.717) is 12.5 Å². The van der Waals surface area contributed by atoms with E-state index in [2.05, 4.69) is 9.97 Å². The molecule has 0 aliphatic heterocycles. The van der Waals surface area contributed by atoms with Gasteiger partial charge < -0.3 is 15.1 Å². The number of aliphatic carboxylic acids is 1. The summed E-state index contributed by atoms with van der Waals surface area (Å²) in [5.74, 6) is -1.68. The molecular weight excluding hydrogens is 537 g/mol. The van der Waals surface area contributed by atoms with Gasteiger partial charge >= 0.3 is 5.97 Å². The predicted molar refractivity (Wildman–Crippen MR) is 153 cm³/mol. The third kappa shape index (κ3) is 7.44. The summed E-state index contributed by atoms with van der Waals surface area (Å²) in [6, 6.07) is 21.1. The van der Waals surface area contributed by atoms with Gasteiger partial charge in [-0.15, -0.1) is 0 Å². The number of hydrogen-bond donors (Lipinski definition) is 2. The topological polar surface area (TPSA) is 104 Å². The molecule has 0 saturated heterocycles. The van der Waals surface area contributed by atoms with E-state index in [-0.39, 0.29) is 34.2 Å². The van der Waals surface area contributed by atoms with E-state index < -0.39 is 17.7 Å². The van der Waals surface area contributed by atoms with Gasteiger partial charge in [-0.2, -0.15) is 0 Å². The van der Waals surface area contributed by atoms with Crippen molar-refractivity contribution < 1.29 is 19.8 Å². The lowest BCUT2D eigenvalue weighted by Crippen LogP contribution is -2.18. The first-order chi connectivity index (χ1) is 18.8. The number of hydrogen-bond acceptors (Lipinski definition) is 6. The van der Waals surface area contributed by atoms with Gasteiger partial charge in [0.2, 0.25) is 5.95 Å². The minimum Gasteiger partial charge on any atom is -0.508 e. The second-order valence-corrected chi connectivity index (χ2v) is 9.60. The van der Waals surface area contributed by atoms with Gasteiger partial charge in [0.05, 0.1) is 28.1 Å². The van der Waals surface area contributed by atoms with E-state index >= 15 is 0 Å². The number of anilines is 2. The molecule has 0 aliphatic carbocycles. The Morgan fingerprint density at radius 1 is 0.897 bits per heavy atom. The number of aromatic nitrogens is 2. The number of Topliss-reactive ketones (excluding diaryl/α,β-unsaturated/α-hetero) is 1. The summed E-state index contributed by atoms with van der Waals surface area (Å²) < 4.78 is 0. The molecule has 1 heterocycles. The van der Waals surface area contributed by atoms with Crippen LogP contribution < -0.4 is 4.90 Å². The Morgan fingerprint density at radius 3 is 2.15 bits per heavy atom. The number of carbonyl (C=O) groups is 2. The van der Waals surface area contributed by atoms with Crippen molar-refractivity contribution in [1.29, 1.82) is 0 Å². The fourth-order valence-corrected chi connectivity index (χ4v) is 4.60. The van der Waals surface area contributed by atoms with Crippen LogP contribution in [0.1, 0.15) is 34.3 Å². The van der Waals surface area contributed by atoms with Crippen LogP contribution in [0, 0.1) is 5.92 Å². The Labute approximate surface area is 236 Å². The van der Waals surface area contributed by atoms with E-state index in [0.717, 1.165) is 16.8 Å². The largest absolute Gasteiger partial charge is 0.508 e. The van der Waals surface area contributed by atoms with Gasteiger partial charge in [-0.25, -0.2) is 9.97 Å². The Kier molecular flexibility index (Phi) is 9.31. The molecule has 0 bridgehead atoms. The lowest BCUT2D eigenvalue weighted by atomic mass is 9.95. The summed E-state index contributed by atoms with van der Waals surface area (Å²) in [5.41, 5.74) is 2.83. The molecule has 9 heteroatoms. The summed E-state index contributed by atoms with van der Waals surface area (Å²) in [5, 5.41) is 19.7. The van der Waals surface area contributed by atoms with Crippen LogP contribution in [0.4, 0.5) is 11.6 Å². The number of nitrogens with zero attached hydrogens (tertiary/aromatic N) is 3. The normalized spacial score (nSPS) is 11.8. The number of allylic oxidation sites excluding steroid dienone is 1. The lowest BCUT2D eigenvalue weighted by Gasteiger charge is -2.23. The van der Waals surface area contributed by atoms with Crippen LogP contribution in [0.5, 0.6) is 5.75 Å². The molecule has 198 valence electrons. The van der Waals surface area contributed by atoms with Gasteiger partial charge in [0.15, 0.2) is 5.78 Å². The number of rotatable bonds is 11. The molecule has 1 unspecified atom stereocenters. The second-order valence-electron chi connectivity index (χ2n) is 8.79. The first-order valence-corrected chi connectivity index (χ1v) is 12.9. The van der Waals surface area contributed by atoms with Crippen LogP contribution in [0.15, 0.2) is 91.3 Å². The summed E-state index contributed by atoms with van der Waals surface area (Å²) in [6.45, 7) is 0.489. The van der Waals surface area contributed by atoms with Crippen molar-refractivity contribution in [3.63, 3.8) is 0 Å². The average molecular weight is 562 g/mol. The number of phenolic OH excluding ortho intramolecular Hbond substituents is 1. The number of halogens is 2. The van der Waals surface area contributed by atoms with Crippen LogP contribution in [0.3, 0.4) is 0 Å². The third-order valence-corrected chi connectivity index (χ3v) is 6.66. The molecule has 7 nitrogen and oxygen atoms in total. The zero-order valence-corrected chi connectivity index (χ0v) is 22.3. The number of carboxylic acids is 1. The third-order valence-electron chi connectivity index (χ3n) is 6.03. The van der Waals surface area contributed by atoms with E-state index in [9.17, 15) is 19.8 Å². The molecule has 4 rings (SSSR count). The van der Waals surface area contributed by atoms with Gasteiger partial charge in [-0.05, 0) is 60.0 Å². The molecule has 0 amide bonds. The van der Waals surface area contributed by atoms with Crippen molar-refractivity contribution >= 4 is 52.7 Å². The Hall–Kier alpha value is -4.20. The maximum Gasteiger partial charge on any atom is 0.307 e. The van der Waals surface area contributed by atoms with Crippen LogP contribution in [-0.4, -0.2) is 31.9 Å². The van der Waals surface area contributed by atoms with Crippen LogP contribution >= 0.6 is 23.2 Å². The van der Waals surface area contributed by atoms with Crippen LogP contribution in [0.2, 0.25) is 10.0 Å². The average Bonchev–Trinajstić information content (AvgIpc) is 2.93. The summed E-state index contributed by atoms with van der Waals surface area (Å²) in [6.07, 6.45) is 6.85. The molecular formula is C30H25Cl2N3O4. The molecule has 0 aliphatic rings. The smallest absolute Gasteiger partial charge is 0.307 e. The standard InChI is InChI=1S/C30H25Cl2N3O4/c31-25-6-2-7-26(32)28(25)27(37)18-22(29(38)39)5-1-4-20-8-12-23(13-9-20)35(30-33-16-3-17-34-30)19-21-10-14-24(36)15-11-21/h1-4,6-17,22,36H,5,18-19H2,(H,38,39)/b4-1+. The number of benzene rings is 3. The molecule has 3 aromatic carbocycles. The maximum atomic E-state index is 12.7.